The molecule has 1 saturated heterocycles. The summed E-state index contributed by atoms with van der Waals surface area (Å²) in [5.41, 5.74) is 0.349. The van der Waals surface area contributed by atoms with E-state index in [9.17, 15) is 4.79 Å². The lowest BCUT2D eigenvalue weighted by atomic mass is 9.99. The molecule has 1 aromatic heterocycles. The van der Waals surface area contributed by atoms with Gasteiger partial charge in [0.1, 0.15) is 12.0 Å². The third-order valence-electron chi connectivity index (χ3n) is 4.53. The van der Waals surface area contributed by atoms with E-state index in [1.807, 2.05) is 35.2 Å². The molecule has 2 heterocycles. The molecule has 6 heteroatoms. The van der Waals surface area contributed by atoms with Crippen LogP contribution in [0.1, 0.15) is 30.2 Å². The molecule has 0 radical (unpaired) electrons. The number of hydrogen-bond acceptors (Lipinski definition) is 5. The number of carbonyl (C=O) groups is 1. The average Bonchev–Trinajstić information content (AvgIpc) is 3.09. The normalized spacial score (nSPS) is 18.6. The number of likely N-dealkylation sites (N-methyl/N-ethyl adjacent to an activating group) is 1. The number of para-hydroxylation sites is 1. The summed E-state index contributed by atoms with van der Waals surface area (Å²) in [6.07, 6.45) is 1.43. The van der Waals surface area contributed by atoms with E-state index in [0.717, 1.165) is 18.8 Å². The molecule has 0 unspecified atom stereocenters. The molecule has 0 aliphatic carbocycles. The van der Waals surface area contributed by atoms with E-state index in [-0.39, 0.29) is 18.6 Å². The third kappa shape index (κ3) is 4.20. The van der Waals surface area contributed by atoms with E-state index in [1.165, 1.54) is 6.26 Å². The Morgan fingerprint density at radius 3 is 2.80 bits per heavy atom. The highest BCUT2D eigenvalue weighted by Gasteiger charge is 2.32. The SMILES string of the molecule is CC(C)[C@H]1CN(C)CCN1C(=O)c1coc(COc2ccccc2)n1. The Morgan fingerprint density at radius 2 is 2.08 bits per heavy atom. The summed E-state index contributed by atoms with van der Waals surface area (Å²) in [6, 6.07) is 9.65. The van der Waals surface area contributed by atoms with Crippen molar-refractivity contribution in [2.45, 2.75) is 26.5 Å². The lowest BCUT2D eigenvalue weighted by molar-refractivity contribution is 0.0397. The van der Waals surface area contributed by atoms with Gasteiger partial charge in [0.15, 0.2) is 12.3 Å². The van der Waals surface area contributed by atoms with Crippen molar-refractivity contribution in [2.75, 3.05) is 26.7 Å². The number of nitrogens with zero attached hydrogens (tertiary/aromatic N) is 3. The zero-order valence-electron chi connectivity index (χ0n) is 15.0. The van der Waals surface area contributed by atoms with E-state index in [2.05, 4.69) is 30.8 Å². The Labute approximate surface area is 148 Å². The van der Waals surface area contributed by atoms with Crippen molar-refractivity contribution in [1.29, 1.82) is 0 Å². The minimum absolute atomic E-state index is 0.0680. The fraction of sp³-hybridized carbons (Fsp3) is 0.474. The number of oxazole rings is 1. The largest absolute Gasteiger partial charge is 0.484 e. The summed E-state index contributed by atoms with van der Waals surface area (Å²) in [7, 11) is 2.09. The molecule has 3 rings (SSSR count). The van der Waals surface area contributed by atoms with Gasteiger partial charge in [0.05, 0.1) is 0 Å². The zero-order chi connectivity index (χ0) is 17.8. The maximum Gasteiger partial charge on any atom is 0.276 e. The highest BCUT2D eigenvalue weighted by molar-refractivity contribution is 5.92. The molecule has 1 amide bonds. The van der Waals surface area contributed by atoms with Crippen LogP contribution in [0.5, 0.6) is 5.75 Å². The topological polar surface area (TPSA) is 58.8 Å². The van der Waals surface area contributed by atoms with Crippen LogP contribution < -0.4 is 4.74 Å². The van der Waals surface area contributed by atoms with Gasteiger partial charge in [-0.3, -0.25) is 4.79 Å². The van der Waals surface area contributed by atoms with Crippen LogP contribution in [0, 0.1) is 5.92 Å². The van der Waals surface area contributed by atoms with Gasteiger partial charge in [-0.15, -0.1) is 0 Å². The molecule has 0 spiro atoms. The van der Waals surface area contributed by atoms with Crippen molar-refractivity contribution in [1.82, 2.24) is 14.8 Å². The fourth-order valence-corrected chi connectivity index (χ4v) is 3.06. The molecule has 1 aromatic carbocycles. The first-order valence-electron chi connectivity index (χ1n) is 8.66. The Bertz CT molecular complexity index is 699. The van der Waals surface area contributed by atoms with Crippen molar-refractivity contribution < 1.29 is 13.9 Å². The molecule has 1 aliphatic heterocycles. The molecule has 134 valence electrons. The number of rotatable bonds is 5. The summed E-state index contributed by atoms with van der Waals surface area (Å²) in [5, 5.41) is 0. The van der Waals surface area contributed by atoms with Crippen molar-refractivity contribution >= 4 is 5.91 Å². The second-order valence-corrected chi connectivity index (χ2v) is 6.80. The lowest BCUT2D eigenvalue weighted by Crippen LogP contribution is -2.56. The average molecular weight is 343 g/mol. The standard InChI is InChI=1S/C19H25N3O3/c1-14(2)17-11-21(3)9-10-22(17)19(23)16-12-25-18(20-16)13-24-15-7-5-4-6-8-15/h4-8,12,14,17H,9-11,13H2,1-3H3/t17-/m1/s1. The Hall–Kier alpha value is -2.34. The summed E-state index contributed by atoms with van der Waals surface area (Å²) in [4.78, 5) is 21.4. The molecule has 1 atom stereocenters. The van der Waals surface area contributed by atoms with Gasteiger partial charge in [0, 0.05) is 25.7 Å². The summed E-state index contributed by atoms with van der Waals surface area (Å²) in [6.45, 7) is 6.95. The molecular formula is C19H25N3O3. The molecule has 0 saturated carbocycles. The van der Waals surface area contributed by atoms with Gasteiger partial charge in [-0.1, -0.05) is 32.0 Å². The van der Waals surface area contributed by atoms with E-state index < -0.39 is 0 Å². The van der Waals surface area contributed by atoms with E-state index >= 15 is 0 Å². The molecule has 2 aromatic rings. The molecule has 25 heavy (non-hydrogen) atoms. The van der Waals surface area contributed by atoms with Crippen LogP contribution in [0.2, 0.25) is 0 Å². The summed E-state index contributed by atoms with van der Waals surface area (Å²) < 4.78 is 11.0. The van der Waals surface area contributed by atoms with Crippen LogP contribution in [0.4, 0.5) is 0 Å². The third-order valence-corrected chi connectivity index (χ3v) is 4.53. The number of ether oxygens (including phenoxy) is 1. The Kier molecular flexibility index (Phi) is 5.38. The fourth-order valence-electron chi connectivity index (χ4n) is 3.06. The van der Waals surface area contributed by atoms with E-state index in [0.29, 0.717) is 24.0 Å². The second kappa shape index (κ2) is 7.70. The maximum atomic E-state index is 12.9. The van der Waals surface area contributed by atoms with Gasteiger partial charge in [-0.2, -0.15) is 0 Å². The number of piperazine rings is 1. The van der Waals surface area contributed by atoms with Gasteiger partial charge >= 0.3 is 0 Å². The van der Waals surface area contributed by atoms with Crippen LogP contribution in [-0.2, 0) is 6.61 Å². The first kappa shape index (κ1) is 17.5. The molecule has 0 N–H and O–H groups in total. The zero-order valence-corrected chi connectivity index (χ0v) is 15.0. The van der Waals surface area contributed by atoms with Crippen LogP contribution in [-0.4, -0.2) is 53.4 Å². The quantitative estimate of drug-likeness (QED) is 0.835. The smallest absolute Gasteiger partial charge is 0.276 e. The van der Waals surface area contributed by atoms with Crippen LogP contribution in [0.3, 0.4) is 0 Å². The van der Waals surface area contributed by atoms with Gasteiger partial charge in [-0.25, -0.2) is 4.98 Å². The predicted octanol–water partition coefficient (Wildman–Crippen LogP) is 2.67. The van der Waals surface area contributed by atoms with Gasteiger partial charge in [0.25, 0.3) is 5.91 Å². The van der Waals surface area contributed by atoms with Gasteiger partial charge in [-0.05, 0) is 25.1 Å². The van der Waals surface area contributed by atoms with Crippen molar-refractivity contribution in [3.05, 3.63) is 48.2 Å². The Morgan fingerprint density at radius 1 is 1.32 bits per heavy atom. The van der Waals surface area contributed by atoms with Crippen LogP contribution in [0.25, 0.3) is 0 Å². The van der Waals surface area contributed by atoms with E-state index in [1.54, 1.807) is 0 Å². The molecule has 6 nitrogen and oxygen atoms in total. The minimum Gasteiger partial charge on any atom is -0.484 e. The minimum atomic E-state index is -0.0680. The maximum absolute atomic E-state index is 12.9. The van der Waals surface area contributed by atoms with E-state index in [4.69, 9.17) is 9.15 Å². The second-order valence-electron chi connectivity index (χ2n) is 6.80. The first-order valence-corrected chi connectivity index (χ1v) is 8.66. The number of benzene rings is 1. The molecular weight excluding hydrogens is 318 g/mol. The predicted molar refractivity (Wildman–Crippen MR) is 94.4 cm³/mol. The number of hydrogen-bond donors (Lipinski definition) is 0. The number of carbonyl (C=O) groups excluding carboxylic acids is 1. The lowest BCUT2D eigenvalue weighted by Gasteiger charge is -2.41. The number of amides is 1. The Balaban J connectivity index is 1.65. The summed E-state index contributed by atoms with van der Waals surface area (Å²) in [5.74, 6) is 1.47. The molecule has 0 bridgehead atoms. The summed E-state index contributed by atoms with van der Waals surface area (Å²) >= 11 is 0. The monoisotopic (exact) mass is 343 g/mol. The van der Waals surface area contributed by atoms with Crippen molar-refractivity contribution in [2.24, 2.45) is 5.92 Å². The van der Waals surface area contributed by atoms with Gasteiger partial charge < -0.3 is 19.0 Å². The molecule has 1 fully saturated rings. The first-order chi connectivity index (χ1) is 12.0. The van der Waals surface area contributed by atoms with Crippen LogP contribution >= 0.6 is 0 Å². The van der Waals surface area contributed by atoms with Gasteiger partial charge in [0.2, 0.25) is 5.89 Å². The van der Waals surface area contributed by atoms with Crippen molar-refractivity contribution in [3.8, 4) is 5.75 Å². The highest BCUT2D eigenvalue weighted by Crippen LogP contribution is 2.19. The number of aromatic nitrogens is 1. The van der Waals surface area contributed by atoms with Crippen LogP contribution in [0.15, 0.2) is 41.0 Å². The molecule has 1 aliphatic rings. The highest BCUT2D eigenvalue weighted by atomic mass is 16.5. The van der Waals surface area contributed by atoms with Crippen molar-refractivity contribution in [3.63, 3.8) is 0 Å².